The van der Waals surface area contributed by atoms with E-state index >= 15 is 0 Å². The van der Waals surface area contributed by atoms with Crippen molar-refractivity contribution in [3.63, 3.8) is 0 Å². The molecule has 0 spiro atoms. The zero-order valence-corrected chi connectivity index (χ0v) is 14.4. The highest BCUT2D eigenvalue weighted by Crippen LogP contribution is 2.32. The zero-order chi connectivity index (χ0) is 17.2. The summed E-state index contributed by atoms with van der Waals surface area (Å²) < 4.78 is 11.3. The van der Waals surface area contributed by atoms with Gasteiger partial charge < -0.3 is 14.8 Å². The van der Waals surface area contributed by atoms with Crippen molar-refractivity contribution in [3.05, 3.63) is 53.6 Å². The van der Waals surface area contributed by atoms with Gasteiger partial charge in [-0.15, -0.1) is 0 Å². The van der Waals surface area contributed by atoms with Gasteiger partial charge in [-0.2, -0.15) is 0 Å². The minimum absolute atomic E-state index is 0.0728. The summed E-state index contributed by atoms with van der Waals surface area (Å²) in [5.74, 6) is 1.26. The van der Waals surface area contributed by atoms with Crippen LogP contribution < -0.4 is 14.8 Å². The van der Waals surface area contributed by atoms with Crippen LogP contribution in [0.25, 0.3) is 0 Å². The smallest absolute Gasteiger partial charge is 0.255 e. The largest absolute Gasteiger partial charge is 0.490 e. The van der Waals surface area contributed by atoms with Crippen molar-refractivity contribution in [2.45, 2.75) is 32.6 Å². The van der Waals surface area contributed by atoms with Crippen LogP contribution in [0.2, 0.25) is 0 Å². The van der Waals surface area contributed by atoms with E-state index in [1.807, 2.05) is 42.5 Å². The van der Waals surface area contributed by atoms with Gasteiger partial charge in [0.15, 0.2) is 11.5 Å². The Balaban J connectivity index is 1.74. The monoisotopic (exact) mass is 325 g/mol. The molecule has 1 N–H and O–H groups in total. The normalized spacial score (nSPS) is 14.0. The van der Waals surface area contributed by atoms with Crippen LogP contribution in [0.4, 0.5) is 5.69 Å². The van der Waals surface area contributed by atoms with Gasteiger partial charge in [0.25, 0.3) is 5.91 Å². The molecule has 0 fully saturated rings. The fourth-order valence-corrected chi connectivity index (χ4v) is 2.57. The van der Waals surface area contributed by atoms with E-state index in [0.29, 0.717) is 30.2 Å². The third-order valence-electron chi connectivity index (χ3n) is 4.02. The quantitative estimate of drug-likeness (QED) is 0.890. The molecule has 1 aliphatic rings. The zero-order valence-electron chi connectivity index (χ0n) is 14.4. The van der Waals surface area contributed by atoms with Crippen LogP contribution in [0.15, 0.2) is 42.5 Å². The van der Waals surface area contributed by atoms with Gasteiger partial charge in [-0.25, -0.2) is 0 Å². The summed E-state index contributed by atoms with van der Waals surface area (Å²) in [6.45, 7) is 7.73. The Morgan fingerprint density at radius 2 is 1.62 bits per heavy atom. The van der Waals surface area contributed by atoms with Crippen molar-refractivity contribution in [1.29, 1.82) is 0 Å². The number of ether oxygens (including phenoxy) is 2. The highest BCUT2D eigenvalue weighted by Gasteiger charge is 2.15. The molecule has 0 radical (unpaired) electrons. The lowest BCUT2D eigenvalue weighted by atomic mass is 9.87. The topological polar surface area (TPSA) is 47.6 Å². The average Bonchev–Trinajstić information content (AvgIpc) is 2.79. The fraction of sp³-hybridized carbons (Fsp3) is 0.350. The summed E-state index contributed by atoms with van der Waals surface area (Å²) in [6, 6.07) is 13.2. The number of carbonyl (C=O) groups excluding carboxylic acids is 1. The lowest BCUT2D eigenvalue weighted by molar-refractivity contribution is 0.102. The number of carbonyl (C=O) groups is 1. The number of benzene rings is 2. The summed E-state index contributed by atoms with van der Waals surface area (Å²) in [7, 11) is 0. The van der Waals surface area contributed by atoms with Gasteiger partial charge in [0.1, 0.15) is 0 Å². The summed E-state index contributed by atoms with van der Waals surface area (Å²) in [6.07, 6.45) is 0.858. The molecule has 2 aromatic rings. The molecule has 0 saturated heterocycles. The second kappa shape index (κ2) is 6.56. The molecule has 0 atom stereocenters. The Hall–Kier alpha value is -2.49. The number of anilines is 1. The maximum Gasteiger partial charge on any atom is 0.255 e. The Kier molecular flexibility index (Phi) is 4.47. The van der Waals surface area contributed by atoms with Gasteiger partial charge in [-0.05, 0) is 35.2 Å². The molecule has 2 aromatic carbocycles. The number of nitrogens with one attached hydrogen (secondary N) is 1. The molecule has 0 unspecified atom stereocenters. The third kappa shape index (κ3) is 3.70. The Labute approximate surface area is 142 Å². The van der Waals surface area contributed by atoms with Crippen molar-refractivity contribution < 1.29 is 14.3 Å². The van der Waals surface area contributed by atoms with Gasteiger partial charge in [-0.1, -0.05) is 32.9 Å². The molecular weight excluding hydrogens is 302 g/mol. The first kappa shape index (κ1) is 16.4. The Bertz CT molecular complexity index is 730. The van der Waals surface area contributed by atoms with E-state index in [0.717, 1.165) is 12.2 Å². The van der Waals surface area contributed by atoms with E-state index in [1.54, 1.807) is 0 Å². The van der Waals surface area contributed by atoms with E-state index in [2.05, 4.69) is 26.1 Å². The van der Waals surface area contributed by atoms with Gasteiger partial charge in [0.05, 0.1) is 13.2 Å². The maximum atomic E-state index is 12.4. The second-order valence-corrected chi connectivity index (χ2v) is 6.99. The molecular formula is C20H23NO3. The lowest BCUT2D eigenvalue weighted by Gasteiger charge is -2.19. The molecule has 4 heteroatoms. The van der Waals surface area contributed by atoms with Crippen LogP contribution in [0, 0.1) is 0 Å². The molecule has 4 nitrogen and oxygen atoms in total. The molecule has 3 rings (SSSR count). The number of rotatable bonds is 2. The first-order chi connectivity index (χ1) is 11.4. The average molecular weight is 325 g/mol. The first-order valence-corrected chi connectivity index (χ1v) is 8.25. The van der Waals surface area contributed by atoms with E-state index in [1.165, 1.54) is 5.56 Å². The van der Waals surface area contributed by atoms with Gasteiger partial charge in [0.2, 0.25) is 0 Å². The third-order valence-corrected chi connectivity index (χ3v) is 4.02. The summed E-state index contributed by atoms with van der Waals surface area (Å²) in [5.41, 5.74) is 2.61. The summed E-state index contributed by atoms with van der Waals surface area (Å²) in [4.78, 5) is 12.4. The van der Waals surface area contributed by atoms with Crippen molar-refractivity contribution >= 4 is 11.6 Å². The maximum absolute atomic E-state index is 12.4. The van der Waals surface area contributed by atoms with Gasteiger partial charge in [-0.3, -0.25) is 4.79 Å². The highest BCUT2D eigenvalue weighted by atomic mass is 16.5. The highest BCUT2D eigenvalue weighted by molar-refractivity contribution is 6.04. The molecule has 1 heterocycles. The molecule has 0 aromatic heterocycles. The predicted molar refractivity (Wildman–Crippen MR) is 95.1 cm³/mol. The van der Waals surface area contributed by atoms with Crippen LogP contribution in [0.5, 0.6) is 11.5 Å². The van der Waals surface area contributed by atoms with Gasteiger partial charge >= 0.3 is 0 Å². The number of fused-ring (bicyclic) bond motifs is 1. The van der Waals surface area contributed by atoms with Crippen LogP contribution in [0.3, 0.4) is 0 Å². The Morgan fingerprint density at radius 1 is 0.958 bits per heavy atom. The van der Waals surface area contributed by atoms with E-state index in [9.17, 15) is 4.79 Å². The predicted octanol–water partition coefficient (Wildman–Crippen LogP) is 4.40. The number of amides is 1. The van der Waals surface area contributed by atoms with E-state index < -0.39 is 0 Å². The first-order valence-electron chi connectivity index (χ1n) is 8.25. The number of hydrogen-bond donors (Lipinski definition) is 1. The molecule has 0 aliphatic carbocycles. The summed E-state index contributed by atoms with van der Waals surface area (Å²) >= 11 is 0. The second-order valence-electron chi connectivity index (χ2n) is 6.99. The van der Waals surface area contributed by atoms with Crippen molar-refractivity contribution in [1.82, 2.24) is 0 Å². The minimum atomic E-state index is -0.134. The van der Waals surface area contributed by atoms with Crippen molar-refractivity contribution in [2.75, 3.05) is 18.5 Å². The Morgan fingerprint density at radius 3 is 2.29 bits per heavy atom. The van der Waals surface area contributed by atoms with Crippen molar-refractivity contribution in [2.24, 2.45) is 0 Å². The molecule has 0 bridgehead atoms. The fourth-order valence-electron chi connectivity index (χ4n) is 2.57. The molecule has 24 heavy (non-hydrogen) atoms. The standard InChI is InChI=1S/C20H23NO3/c1-20(2,3)15-7-5-14(6-8-15)19(22)21-16-9-10-17-18(13-16)24-12-4-11-23-17/h5-10,13H,4,11-12H2,1-3H3,(H,21,22). The molecule has 126 valence electrons. The van der Waals surface area contributed by atoms with Crippen LogP contribution in [0.1, 0.15) is 43.1 Å². The summed E-state index contributed by atoms with van der Waals surface area (Å²) in [5, 5.41) is 2.91. The molecule has 1 amide bonds. The van der Waals surface area contributed by atoms with E-state index in [4.69, 9.17) is 9.47 Å². The SMILES string of the molecule is CC(C)(C)c1ccc(C(=O)Nc2ccc3c(c2)OCCCO3)cc1. The molecule has 0 saturated carbocycles. The minimum Gasteiger partial charge on any atom is -0.490 e. The van der Waals surface area contributed by atoms with Gasteiger partial charge in [0, 0.05) is 23.7 Å². The van der Waals surface area contributed by atoms with Crippen molar-refractivity contribution in [3.8, 4) is 11.5 Å². The lowest BCUT2D eigenvalue weighted by Crippen LogP contribution is -2.14. The molecule has 1 aliphatic heterocycles. The number of hydrogen-bond acceptors (Lipinski definition) is 3. The van der Waals surface area contributed by atoms with E-state index in [-0.39, 0.29) is 11.3 Å². The van der Waals surface area contributed by atoms with Crippen LogP contribution in [-0.2, 0) is 5.41 Å². The van der Waals surface area contributed by atoms with Crippen LogP contribution >= 0.6 is 0 Å². The van der Waals surface area contributed by atoms with Crippen LogP contribution in [-0.4, -0.2) is 19.1 Å².